The van der Waals surface area contributed by atoms with Gasteiger partial charge in [0.2, 0.25) is 0 Å². The van der Waals surface area contributed by atoms with E-state index >= 15 is 0 Å². The van der Waals surface area contributed by atoms with Crippen LogP contribution in [0.25, 0.3) is 0 Å². The monoisotopic (exact) mass is 315 g/mol. The number of benzene rings is 1. The lowest BCUT2D eigenvalue weighted by atomic mass is 10.1. The minimum atomic E-state index is -3.74. The second kappa shape index (κ2) is 6.66. The number of carbonyl (C=O) groups excluding carboxylic acids is 1. The van der Waals surface area contributed by atoms with Crippen molar-refractivity contribution in [1.29, 1.82) is 0 Å². The van der Waals surface area contributed by atoms with Crippen LogP contribution in [0.15, 0.2) is 23.1 Å². The molecule has 0 saturated carbocycles. The number of sulfone groups is 1. The summed E-state index contributed by atoms with van der Waals surface area (Å²) in [6, 6.07) is 3.18. The molecule has 8 heteroatoms. The third kappa shape index (κ3) is 4.82. The van der Waals surface area contributed by atoms with Gasteiger partial charge < -0.3 is 4.74 Å². The summed E-state index contributed by atoms with van der Waals surface area (Å²) < 4.78 is 27.9. The fourth-order valence-corrected chi connectivity index (χ4v) is 2.40. The molecule has 0 aliphatic rings. The number of hydrogen-bond acceptors (Lipinski definition) is 6. The zero-order valence-corrected chi connectivity index (χ0v) is 12.8. The Morgan fingerprint density at radius 1 is 1.38 bits per heavy atom. The number of rotatable bonds is 6. The highest BCUT2D eigenvalue weighted by atomic mass is 32.2. The first kappa shape index (κ1) is 17.1. The maximum absolute atomic E-state index is 11.8. The lowest BCUT2D eigenvalue weighted by molar-refractivity contribution is -0.387. The van der Waals surface area contributed by atoms with E-state index in [4.69, 9.17) is 4.74 Å². The van der Waals surface area contributed by atoms with E-state index in [-0.39, 0.29) is 12.2 Å². The number of nitro groups is 1. The Hall–Kier alpha value is -1.96. The Morgan fingerprint density at radius 3 is 2.48 bits per heavy atom. The van der Waals surface area contributed by atoms with E-state index in [1.54, 1.807) is 0 Å². The minimum absolute atomic E-state index is 0.0437. The van der Waals surface area contributed by atoms with Crippen molar-refractivity contribution in [2.45, 2.75) is 25.2 Å². The molecule has 0 aliphatic carbocycles. The number of nitro benzene ring substituents is 1. The maximum atomic E-state index is 11.8. The molecule has 0 unspecified atom stereocenters. The summed E-state index contributed by atoms with van der Waals surface area (Å²) >= 11 is 0. The van der Waals surface area contributed by atoms with Gasteiger partial charge in [0.05, 0.1) is 17.1 Å². The van der Waals surface area contributed by atoms with Crippen LogP contribution in [0, 0.1) is 16.0 Å². The van der Waals surface area contributed by atoms with Crippen molar-refractivity contribution in [2.24, 2.45) is 5.92 Å². The van der Waals surface area contributed by atoms with Gasteiger partial charge in [-0.3, -0.25) is 10.1 Å². The van der Waals surface area contributed by atoms with Crippen LogP contribution >= 0.6 is 0 Å². The fraction of sp³-hybridized carbons (Fsp3) is 0.462. The number of carbonyl (C=O) groups is 1. The van der Waals surface area contributed by atoms with Crippen LogP contribution in [-0.2, 0) is 14.6 Å². The van der Waals surface area contributed by atoms with Gasteiger partial charge in [0, 0.05) is 12.3 Å². The zero-order chi connectivity index (χ0) is 16.2. The molecule has 0 spiro atoms. The Bertz CT molecular complexity index is 651. The number of nitrogens with zero attached hydrogens (tertiary/aromatic N) is 1. The zero-order valence-electron chi connectivity index (χ0n) is 12.0. The maximum Gasteiger partial charge on any atom is 0.338 e. The third-order valence-electron chi connectivity index (χ3n) is 2.72. The lowest BCUT2D eigenvalue weighted by Gasteiger charge is -2.07. The van der Waals surface area contributed by atoms with Crippen LogP contribution in [0.1, 0.15) is 30.6 Å². The average Bonchev–Trinajstić information content (AvgIpc) is 2.36. The lowest BCUT2D eigenvalue weighted by Crippen LogP contribution is -2.10. The van der Waals surface area contributed by atoms with Crippen LogP contribution in [0.5, 0.6) is 0 Å². The van der Waals surface area contributed by atoms with Crippen molar-refractivity contribution < 1.29 is 22.9 Å². The van der Waals surface area contributed by atoms with Crippen LogP contribution in [0.2, 0.25) is 0 Å². The van der Waals surface area contributed by atoms with Gasteiger partial charge in [0.1, 0.15) is 4.90 Å². The van der Waals surface area contributed by atoms with Crippen molar-refractivity contribution >= 4 is 21.5 Å². The largest absolute Gasteiger partial charge is 0.462 e. The Balaban J connectivity index is 3.04. The quantitative estimate of drug-likeness (QED) is 0.453. The molecule has 7 nitrogen and oxygen atoms in total. The van der Waals surface area contributed by atoms with Crippen LogP contribution in [0.3, 0.4) is 0 Å². The standard InChI is InChI=1S/C13H17NO6S/c1-9(2)6-7-20-13(15)10-4-5-12(21(3,18)19)11(8-10)14(16)17/h4-5,8-9H,6-7H2,1-3H3. The van der Waals surface area contributed by atoms with Crippen molar-refractivity contribution in [2.75, 3.05) is 12.9 Å². The topological polar surface area (TPSA) is 104 Å². The summed E-state index contributed by atoms with van der Waals surface area (Å²) in [5, 5.41) is 10.9. The van der Waals surface area contributed by atoms with Gasteiger partial charge in [-0.2, -0.15) is 0 Å². The van der Waals surface area contributed by atoms with Gasteiger partial charge in [-0.1, -0.05) is 13.8 Å². The molecule has 0 aromatic heterocycles. The summed E-state index contributed by atoms with van der Waals surface area (Å²) in [7, 11) is -3.74. The van der Waals surface area contributed by atoms with E-state index < -0.39 is 31.3 Å². The van der Waals surface area contributed by atoms with Gasteiger partial charge >= 0.3 is 5.97 Å². The Labute approximate surface area is 123 Å². The molecule has 0 amide bonds. The molecular formula is C13H17NO6S. The molecule has 0 fully saturated rings. The Morgan fingerprint density at radius 2 is 2.00 bits per heavy atom. The highest BCUT2D eigenvalue weighted by Gasteiger charge is 2.24. The summed E-state index contributed by atoms with van der Waals surface area (Å²) in [6.07, 6.45) is 1.55. The van der Waals surface area contributed by atoms with Crippen LogP contribution in [-0.4, -0.2) is 32.2 Å². The van der Waals surface area contributed by atoms with Crippen LogP contribution < -0.4 is 0 Å². The molecule has 21 heavy (non-hydrogen) atoms. The van der Waals surface area contributed by atoms with Crippen molar-refractivity contribution in [1.82, 2.24) is 0 Å². The summed E-state index contributed by atoms with van der Waals surface area (Å²) in [5.74, 6) is -0.349. The second-order valence-electron chi connectivity index (χ2n) is 5.03. The number of hydrogen-bond donors (Lipinski definition) is 0. The van der Waals surface area contributed by atoms with E-state index in [1.807, 2.05) is 13.8 Å². The van der Waals surface area contributed by atoms with E-state index in [1.165, 1.54) is 6.07 Å². The first-order valence-corrected chi connectivity index (χ1v) is 8.17. The van der Waals surface area contributed by atoms with Crippen molar-refractivity contribution in [3.63, 3.8) is 0 Å². The van der Waals surface area contributed by atoms with Crippen LogP contribution in [0.4, 0.5) is 5.69 Å². The normalized spacial score (nSPS) is 11.4. The first-order chi connectivity index (χ1) is 9.62. The van der Waals surface area contributed by atoms with E-state index in [0.717, 1.165) is 18.4 Å². The summed E-state index contributed by atoms with van der Waals surface area (Å²) in [5.41, 5.74) is -0.673. The van der Waals surface area contributed by atoms with Gasteiger partial charge in [-0.05, 0) is 24.5 Å². The first-order valence-electron chi connectivity index (χ1n) is 6.28. The molecule has 116 valence electrons. The highest BCUT2D eigenvalue weighted by Crippen LogP contribution is 2.25. The third-order valence-corrected chi connectivity index (χ3v) is 3.86. The fourth-order valence-electron chi connectivity index (χ4n) is 1.57. The van der Waals surface area contributed by atoms with Gasteiger partial charge in [-0.25, -0.2) is 13.2 Å². The smallest absolute Gasteiger partial charge is 0.338 e. The molecule has 0 N–H and O–H groups in total. The number of esters is 1. The Kier molecular flexibility index (Phi) is 5.42. The van der Waals surface area contributed by atoms with Gasteiger partial charge in [0.25, 0.3) is 5.69 Å². The SMILES string of the molecule is CC(C)CCOC(=O)c1ccc(S(C)(=O)=O)c([N+](=O)[O-])c1. The molecule has 1 aromatic carbocycles. The van der Waals surface area contributed by atoms with E-state index in [9.17, 15) is 23.3 Å². The average molecular weight is 315 g/mol. The molecule has 0 heterocycles. The summed E-state index contributed by atoms with van der Waals surface area (Å²) in [6.45, 7) is 4.15. The molecule has 0 aliphatic heterocycles. The predicted octanol–water partition coefficient (Wildman–Crippen LogP) is 2.20. The summed E-state index contributed by atoms with van der Waals surface area (Å²) in [4.78, 5) is 21.4. The van der Waals surface area contributed by atoms with E-state index in [0.29, 0.717) is 12.3 Å². The molecule has 0 radical (unpaired) electrons. The number of ether oxygens (including phenoxy) is 1. The van der Waals surface area contributed by atoms with Gasteiger partial charge in [0.15, 0.2) is 9.84 Å². The second-order valence-corrected chi connectivity index (χ2v) is 7.01. The van der Waals surface area contributed by atoms with E-state index in [2.05, 4.69) is 0 Å². The molecule has 0 atom stereocenters. The highest BCUT2D eigenvalue weighted by molar-refractivity contribution is 7.90. The molecule has 0 saturated heterocycles. The van der Waals surface area contributed by atoms with Gasteiger partial charge in [-0.15, -0.1) is 0 Å². The predicted molar refractivity (Wildman–Crippen MR) is 75.9 cm³/mol. The molecule has 1 rings (SSSR count). The molecule has 0 bridgehead atoms. The molecular weight excluding hydrogens is 298 g/mol. The molecule has 1 aromatic rings. The van der Waals surface area contributed by atoms with Crippen molar-refractivity contribution in [3.05, 3.63) is 33.9 Å². The minimum Gasteiger partial charge on any atom is -0.462 e. The van der Waals surface area contributed by atoms with Crippen molar-refractivity contribution in [3.8, 4) is 0 Å².